The van der Waals surface area contributed by atoms with Crippen molar-refractivity contribution in [3.05, 3.63) is 27.8 Å². The van der Waals surface area contributed by atoms with Crippen molar-refractivity contribution in [1.82, 2.24) is 14.8 Å². The molecular weight excluding hydrogens is 308 g/mol. The number of aromatic nitrogens is 3. The molecule has 1 fully saturated rings. The molecule has 0 radical (unpaired) electrons. The summed E-state index contributed by atoms with van der Waals surface area (Å²) in [7, 11) is 0. The minimum Gasteiger partial charge on any atom is -0.304 e. The van der Waals surface area contributed by atoms with Crippen LogP contribution in [0.3, 0.4) is 0 Å². The summed E-state index contributed by atoms with van der Waals surface area (Å²) in [5.74, 6) is 0.805. The van der Waals surface area contributed by atoms with Crippen LogP contribution in [0.1, 0.15) is 78.8 Å². The molecule has 5 nitrogen and oxygen atoms in total. The van der Waals surface area contributed by atoms with Gasteiger partial charge in [-0.05, 0) is 25.7 Å². The number of nitrogens with one attached hydrogen (secondary N) is 1. The average Bonchev–Trinajstić information content (AvgIpc) is 3.16. The maximum atomic E-state index is 12.5. The smallest absolute Gasteiger partial charge is 0.268 e. The van der Waals surface area contributed by atoms with Crippen molar-refractivity contribution < 1.29 is 4.79 Å². The van der Waals surface area contributed by atoms with Gasteiger partial charge in [-0.3, -0.25) is 9.48 Å². The number of nitrogens with zero attached hydrogens (tertiary/aromatic N) is 3. The minimum absolute atomic E-state index is 0.104. The molecule has 0 saturated heterocycles. The Bertz CT molecular complexity index is 683. The van der Waals surface area contributed by atoms with Gasteiger partial charge in [0.25, 0.3) is 5.91 Å². The highest BCUT2D eigenvalue weighted by atomic mass is 32.1. The predicted octanol–water partition coefficient (Wildman–Crippen LogP) is 4.53. The number of aryl methyl sites for hydroxylation is 1. The average molecular weight is 332 g/mol. The molecular formula is C17H24N4OS. The van der Waals surface area contributed by atoms with Gasteiger partial charge in [0.1, 0.15) is 4.88 Å². The van der Waals surface area contributed by atoms with Gasteiger partial charge in [0.15, 0.2) is 5.82 Å². The molecule has 2 heterocycles. The SMILES string of the molecule is Cc1cn(C2CCCCC2)nc1NC(=O)c1scnc1C(C)C. The summed E-state index contributed by atoms with van der Waals surface area (Å²) in [6.45, 7) is 6.10. The lowest BCUT2D eigenvalue weighted by molar-refractivity contribution is 0.102. The molecule has 1 aliphatic carbocycles. The largest absolute Gasteiger partial charge is 0.304 e. The topological polar surface area (TPSA) is 59.8 Å². The van der Waals surface area contributed by atoms with E-state index in [9.17, 15) is 4.79 Å². The summed E-state index contributed by atoms with van der Waals surface area (Å²) >= 11 is 1.39. The van der Waals surface area contributed by atoms with Crippen LogP contribution in [0.25, 0.3) is 0 Å². The summed E-state index contributed by atoms with van der Waals surface area (Å²) in [6.07, 6.45) is 8.28. The Balaban J connectivity index is 1.76. The molecule has 0 spiro atoms. The highest BCUT2D eigenvalue weighted by Gasteiger charge is 2.21. The number of carbonyl (C=O) groups excluding carboxylic acids is 1. The number of hydrogen-bond acceptors (Lipinski definition) is 4. The molecule has 1 N–H and O–H groups in total. The van der Waals surface area contributed by atoms with Crippen molar-refractivity contribution in [1.29, 1.82) is 0 Å². The Kier molecular flexibility index (Phi) is 4.80. The van der Waals surface area contributed by atoms with Crippen molar-refractivity contribution in [2.45, 2.75) is 64.8 Å². The number of rotatable bonds is 4. The second-order valence-corrected chi connectivity index (χ2v) is 7.46. The summed E-state index contributed by atoms with van der Waals surface area (Å²) in [5.41, 5.74) is 3.61. The highest BCUT2D eigenvalue weighted by molar-refractivity contribution is 7.12. The zero-order valence-corrected chi connectivity index (χ0v) is 14.8. The van der Waals surface area contributed by atoms with Crippen LogP contribution in [0.2, 0.25) is 0 Å². The molecule has 2 aromatic rings. The van der Waals surface area contributed by atoms with Crippen molar-refractivity contribution >= 4 is 23.1 Å². The second-order valence-electron chi connectivity index (χ2n) is 6.61. The van der Waals surface area contributed by atoms with Gasteiger partial charge in [-0.2, -0.15) is 5.10 Å². The van der Waals surface area contributed by atoms with Crippen LogP contribution in [0, 0.1) is 6.92 Å². The monoisotopic (exact) mass is 332 g/mol. The first-order chi connectivity index (χ1) is 11.1. The number of hydrogen-bond donors (Lipinski definition) is 1. The third kappa shape index (κ3) is 3.47. The van der Waals surface area contributed by atoms with Gasteiger partial charge < -0.3 is 5.32 Å². The van der Waals surface area contributed by atoms with Crippen LogP contribution in [0.4, 0.5) is 5.82 Å². The molecule has 23 heavy (non-hydrogen) atoms. The number of amides is 1. The summed E-state index contributed by atoms with van der Waals surface area (Å²) in [4.78, 5) is 17.5. The van der Waals surface area contributed by atoms with Gasteiger partial charge in [-0.25, -0.2) is 4.98 Å². The van der Waals surface area contributed by atoms with Crippen molar-refractivity contribution in [3.8, 4) is 0 Å². The zero-order valence-electron chi connectivity index (χ0n) is 14.0. The van der Waals surface area contributed by atoms with Gasteiger partial charge in [-0.15, -0.1) is 11.3 Å². The van der Waals surface area contributed by atoms with Gasteiger partial charge in [-0.1, -0.05) is 33.1 Å². The Morgan fingerprint density at radius 2 is 2.09 bits per heavy atom. The molecule has 1 aliphatic rings. The third-order valence-corrected chi connectivity index (χ3v) is 5.28. The van der Waals surface area contributed by atoms with Crippen molar-refractivity contribution in [2.24, 2.45) is 0 Å². The number of anilines is 1. The van der Waals surface area contributed by atoms with Crippen LogP contribution in [-0.4, -0.2) is 20.7 Å². The number of thiazole rings is 1. The van der Waals surface area contributed by atoms with Crippen LogP contribution in [-0.2, 0) is 0 Å². The molecule has 0 aromatic carbocycles. The second kappa shape index (κ2) is 6.83. The first-order valence-electron chi connectivity index (χ1n) is 8.36. The van der Waals surface area contributed by atoms with E-state index in [4.69, 9.17) is 0 Å². The Labute approximate surface area is 141 Å². The Hall–Kier alpha value is -1.69. The molecule has 0 atom stereocenters. The maximum absolute atomic E-state index is 12.5. The highest BCUT2D eigenvalue weighted by Crippen LogP contribution is 2.29. The van der Waals surface area contributed by atoms with E-state index in [-0.39, 0.29) is 11.8 Å². The van der Waals surface area contributed by atoms with Gasteiger partial charge in [0.2, 0.25) is 0 Å². The molecule has 1 amide bonds. The molecule has 0 unspecified atom stereocenters. The van der Waals surface area contributed by atoms with E-state index >= 15 is 0 Å². The molecule has 0 aliphatic heterocycles. The zero-order chi connectivity index (χ0) is 16.4. The molecule has 2 aromatic heterocycles. The van der Waals surface area contributed by atoms with Gasteiger partial charge in [0, 0.05) is 11.8 Å². The summed E-state index contributed by atoms with van der Waals surface area (Å²) in [5, 5.41) is 7.59. The fourth-order valence-electron chi connectivity index (χ4n) is 3.14. The minimum atomic E-state index is -0.104. The van der Waals surface area contributed by atoms with Crippen LogP contribution in [0.5, 0.6) is 0 Å². The van der Waals surface area contributed by atoms with E-state index in [0.29, 0.717) is 16.7 Å². The van der Waals surface area contributed by atoms with E-state index in [2.05, 4.69) is 35.4 Å². The molecule has 1 saturated carbocycles. The standard InChI is InChI=1S/C17H24N4OS/c1-11(2)14-15(23-10-18-14)17(22)19-16-12(3)9-21(20-16)13-7-5-4-6-8-13/h9-11,13H,4-8H2,1-3H3,(H,19,20,22). The van der Waals surface area contributed by atoms with Crippen LogP contribution in [0.15, 0.2) is 11.7 Å². The predicted molar refractivity (Wildman–Crippen MR) is 93.2 cm³/mol. The lowest BCUT2D eigenvalue weighted by atomic mass is 9.96. The normalized spacial score (nSPS) is 16.0. The number of carbonyl (C=O) groups is 1. The Morgan fingerprint density at radius 3 is 2.78 bits per heavy atom. The summed E-state index contributed by atoms with van der Waals surface area (Å²) in [6, 6.07) is 0.475. The van der Waals surface area contributed by atoms with Crippen molar-refractivity contribution in [2.75, 3.05) is 5.32 Å². The Morgan fingerprint density at radius 1 is 1.35 bits per heavy atom. The summed E-state index contributed by atoms with van der Waals surface area (Å²) < 4.78 is 2.04. The van der Waals surface area contributed by atoms with Crippen LogP contribution < -0.4 is 5.32 Å². The quantitative estimate of drug-likeness (QED) is 0.895. The van der Waals surface area contributed by atoms with Crippen molar-refractivity contribution in [3.63, 3.8) is 0 Å². The van der Waals surface area contributed by atoms with E-state index < -0.39 is 0 Å². The van der Waals surface area contributed by atoms with E-state index in [1.165, 1.54) is 43.4 Å². The lowest BCUT2D eigenvalue weighted by Crippen LogP contribution is -2.16. The molecule has 0 bridgehead atoms. The van der Waals surface area contributed by atoms with Crippen LogP contribution >= 0.6 is 11.3 Å². The lowest BCUT2D eigenvalue weighted by Gasteiger charge is -2.21. The van der Waals surface area contributed by atoms with E-state index in [0.717, 1.165) is 11.3 Å². The van der Waals surface area contributed by atoms with Gasteiger partial charge in [0.05, 0.1) is 17.2 Å². The fourth-order valence-corrected chi connectivity index (χ4v) is 3.98. The molecule has 3 rings (SSSR count). The first kappa shape index (κ1) is 16.2. The van der Waals surface area contributed by atoms with Gasteiger partial charge >= 0.3 is 0 Å². The van der Waals surface area contributed by atoms with E-state index in [1.54, 1.807) is 5.51 Å². The van der Waals surface area contributed by atoms with E-state index in [1.807, 2.05) is 11.6 Å². The molecule has 6 heteroatoms. The molecule has 124 valence electrons. The fraction of sp³-hybridized carbons (Fsp3) is 0.588. The maximum Gasteiger partial charge on any atom is 0.268 e. The third-order valence-electron chi connectivity index (χ3n) is 4.44. The first-order valence-corrected chi connectivity index (χ1v) is 9.24.